The second-order valence-corrected chi connectivity index (χ2v) is 11.3. The number of para-hydroxylation sites is 1. The van der Waals surface area contributed by atoms with E-state index in [1.54, 1.807) is 76.1 Å². The number of anilines is 2. The van der Waals surface area contributed by atoms with E-state index in [0.29, 0.717) is 64.1 Å². The molecule has 0 radical (unpaired) electrons. The Hall–Kier alpha value is -5.42. The molecule has 5 rings (SSSR count). The SMILES string of the molecule is COc1cc(OCCC(C)(C)O)cc(-c2cnc(N)c(-c3ccc(NC(=O)c4c(C)n(C)n(-c5ccccc5)c4=O)cc3)n2)c1. The minimum Gasteiger partial charge on any atom is -0.497 e. The molecule has 0 aliphatic carbocycles. The number of methoxy groups -OCH3 is 1. The van der Waals surface area contributed by atoms with Crippen molar-refractivity contribution in [3.05, 3.63) is 101 Å². The number of nitrogens with zero attached hydrogens (tertiary/aromatic N) is 4. The van der Waals surface area contributed by atoms with Crippen LogP contribution in [0.2, 0.25) is 0 Å². The summed E-state index contributed by atoms with van der Waals surface area (Å²) in [4.78, 5) is 35.6. The number of hydrogen-bond acceptors (Lipinski definition) is 8. The first kappa shape index (κ1) is 31.0. The van der Waals surface area contributed by atoms with Crippen LogP contribution >= 0.6 is 0 Å². The number of nitrogens with one attached hydrogen (secondary N) is 1. The Morgan fingerprint density at radius 2 is 1.71 bits per heavy atom. The Morgan fingerprint density at radius 3 is 2.38 bits per heavy atom. The second kappa shape index (κ2) is 12.7. The van der Waals surface area contributed by atoms with Crippen LogP contribution in [0.15, 0.2) is 83.8 Å². The third-order valence-corrected chi connectivity index (χ3v) is 7.39. The lowest BCUT2D eigenvalue weighted by atomic mass is 10.1. The third kappa shape index (κ3) is 6.89. The van der Waals surface area contributed by atoms with Crippen LogP contribution in [0.5, 0.6) is 11.5 Å². The number of amides is 1. The van der Waals surface area contributed by atoms with Crippen molar-refractivity contribution in [3.63, 3.8) is 0 Å². The summed E-state index contributed by atoms with van der Waals surface area (Å²) in [7, 11) is 3.31. The van der Waals surface area contributed by atoms with Crippen LogP contribution in [-0.4, -0.2) is 49.7 Å². The van der Waals surface area contributed by atoms with Gasteiger partial charge in [0, 0.05) is 36.3 Å². The molecule has 2 heterocycles. The van der Waals surface area contributed by atoms with Crippen LogP contribution < -0.4 is 26.1 Å². The van der Waals surface area contributed by atoms with Crippen molar-refractivity contribution in [1.29, 1.82) is 0 Å². The Kier molecular flexibility index (Phi) is 8.73. The predicted molar refractivity (Wildman–Crippen MR) is 174 cm³/mol. The number of aliphatic hydroxyl groups is 1. The van der Waals surface area contributed by atoms with E-state index in [1.807, 2.05) is 42.5 Å². The molecule has 11 heteroatoms. The summed E-state index contributed by atoms with van der Waals surface area (Å²) in [6.45, 7) is 5.52. The fraction of sp³-hybridized carbons (Fsp3) is 0.235. The first-order valence-electron chi connectivity index (χ1n) is 14.4. The number of carbonyl (C=O) groups is 1. The number of ether oxygens (including phenoxy) is 2. The van der Waals surface area contributed by atoms with Crippen LogP contribution in [-0.2, 0) is 7.05 Å². The molecule has 0 bridgehead atoms. The third-order valence-electron chi connectivity index (χ3n) is 7.39. The van der Waals surface area contributed by atoms with E-state index in [-0.39, 0.29) is 11.4 Å². The Labute approximate surface area is 260 Å². The van der Waals surface area contributed by atoms with Gasteiger partial charge in [0.05, 0.1) is 42.6 Å². The fourth-order valence-electron chi connectivity index (χ4n) is 4.82. The van der Waals surface area contributed by atoms with Gasteiger partial charge >= 0.3 is 0 Å². The maximum absolute atomic E-state index is 13.2. The minimum absolute atomic E-state index is 0.0648. The molecule has 0 spiro atoms. The molecular weight excluding hydrogens is 572 g/mol. The Bertz CT molecular complexity index is 1890. The van der Waals surface area contributed by atoms with E-state index in [1.165, 1.54) is 4.68 Å². The summed E-state index contributed by atoms with van der Waals surface area (Å²) >= 11 is 0. The van der Waals surface area contributed by atoms with Crippen molar-refractivity contribution in [2.45, 2.75) is 32.8 Å². The molecule has 3 aromatic carbocycles. The van der Waals surface area contributed by atoms with Gasteiger partial charge in [-0.05, 0) is 57.2 Å². The zero-order valence-electron chi connectivity index (χ0n) is 25.9. The number of carbonyl (C=O) groups excluding carboxylic acids is 1. The van der Waals surface area contributed by atoms with Crippen molar-refractivity contribution in [3.8, 4) is 39.7 Å². The minimum atomic E-state index is -0.845. The smallest absolute Gasteiger partial charge is 0.284 e. The Balaban J connectivity index is 1.37. The molecular formula is C34H36N6O5. The van der Waals surface area contributed by atoms with Gasteiger partial charge in [0.2, 0.25) is 0 Å². The number of hydrogen-bond donors (Lipinski definition) is 3. The van der Waals surface area contributed by atoms with Crippen molar-refractivity contribution >= 4 is 17.4 Å². The van der Waals surface area contributed by atoms with E-state index in [2.05, 4.69) is 10.3 Å². The molecule has 0 fully saturated rings. The molecule has 0 saturated carbocycles. The second-order valence-electron chi connectivity index (χ2n) is 11.3. The van der Waals surface area contributed by atoms with Crippen molar-refractivity contribution in [1.82, 2.24) is 19.3 Å². The highest BCUT2D eigenvalue weighted by molar-refractivity contribution is 6.05. The highest BCUT2D eigenvalue weighted by Crippen LogP contribution is 2.32. The molecule has 1 amide bonds. The molecule has 0 atom stereocenters. The maximum atomic E-state index is 13.2. The number of aromatic nitrogens is 4. The lowest BCUT2D eigenvalue weighted by Gasteiger charge is -2.17. The summed E-state index contributed by atoms with van der Waals surface area (Å²) in [5.74, 6) is 0.880. The molecule has 4 N–H and O–H groups in total. The fourth-order valence-corrected chi connectivity index (χ4v) is 4.82. The first-order valence-corrected chi connectivity index (χ1v) is 14.4. The van der Waals surface area contributed by atoms with Gasteiger partial charge in [0.1, 0.15) is 28.6 Å². The quantitative estimate of drug-likeness (QED) is 0.201. The van der Waals surface area contributed by atoms with Crippen LogP contribution in [0.25, 0.3) is 28.2 Å². The number of nitrogens with two attached hydrogens (primary N) is 1. The van der Waals surface area contributed by atoms with Gasteiger partial charge in [-0.15, -0.1) is 0 Å². The zero-order chi connectivity index (χ0) is 32.3. The van der Waals surface area contributed by atoms with E-state index in [9.17, 15) is 14.7 Å². The lowest BCUT2D eigenvalue weighted by molar-refractivity contribution is 0.0553. The average molecular weight is 609 g/mol. The topological polar surface area (TPSA) is 147 Å². The molecule has 11 nitrogen and oxygen atoms in total. The normalized spacial score (nSPS) is 11.3. The van der Waals surface area contributed by atoms with E-state index in [0.717, 1.165) is 0 Å². The summed E-state index contributed by atoms with van der Waals surface area (Å²) in [5, 5.41) is 12.8. The highest BCUT2D eigenvalue weighted by atomic mass is 16.5. The molecule has 0 aliphatic rings. The van der Waals surface area contributed by atoms with Gasteiger partial charge in [-0.3, -0.25) is 14.3 Å². The summed E-state index contributed by atoms with van der Waals surface area (Å²) in [6, 6.07) is 21.6. The van der Waals surface area contributed by atoms with Gasteiger partial charge < -0.3 is 25.6 Å². The van der Waals surface area contributed by atoms with Crippen molar-refractivity contribution in [2.75, 3.05) is 24.8 Å². The summed E-state index contributed by atoms with van der Waals surface area (Å²) in [5.41, 5.74) is 9.17. The maximum Gasteiger partial charge on any atom is 0.284 e. The number of rotatable bonds is 10. The summed E-state index contributed by atoms with van der Waals surface area (Å²) < 4.78 is 14.5. The van der Waals surface area contributed by atoms with Gasteiger partial charge in [0.15, 0.2) is 0 Å². The molecule has 0 saturated heterocycles. The standard InChI is InChI=1S/C34H36N6O5/c1-21-29(33(42)40(39(21)4)25-9-7-6-8-10-25)32(41)37-24-13-11-22(12-14-24)30-31(35)36-20-28(38-30)23-17-26(44-5)19-27(18-23)45-16-15-34(2,3)43/h6-14,17-20,43H,15-16H2,1-5H3,(H2,35,36)(H,37,41). The van der Waals surface area contributed by atoms with E-state index in [4.69, 9.17) is 20.2 Å². The van der Waals surface area contributed by atoms with Crippen LogP contribution in [0.4, 0.5) is 11.5 Å². The molecule has 232 valence electrons. The van der Waals surface area contributed by atoms with E-state index < -0.39 is 17.1 Å². The predicted octanol–water partition coefficient (Wildman–Crippen LogP) is 4.99. The van der Waals surface area contributed by atoms with Gasteiger partial charge in [-0.25, -0.2) is 14.6 Å². The van der Waals surface area contributed by atoms with Crippen LogP contribution in [0.3, 0.4) is 0 Å². The van der Waals surface area contributed by atoms with Crippen molar-refractivity contribution < 1.29 is 19.4 Å². The highest BCUT2D eigenvalue weighted by Gasteiger charge is 2.22. The number of nitrogen functional groups attached to an aromatic ring is 1. The van der Waals surface area contributed by atoms with E-state index >= 15 is 0 Å². The molecule has 5 aromatic rings. The Morgan fingerprint density at radius 1 is 1.02 bits per heavy atom. The monoisotopic (exact) mass is 608 g/mol. The van der Waals surface area contributed by atoms with Crippen molar-refractivity contribution in [2.24, 2.45) is 7.05 Å². The lowest BCUT2D eigenvalue weighted by Crippen LogP contribution is -2.25. The first-order chi connectivity index (χ1) is 21.4. The molecule has 0 aliphatic heterocycles. The van der Waals surface area contributed by atoms with Gasteiger partial charge in [-0.1, -0.05) is 30.3 Å². The van der Waals surface area contributed by atoms with Crippen LogP contribution in [0.1, 0.15) is 36.3 Å². The van der Waals surface area contributed by atoms with Gasteiger partial charge in [-0.2, -0.15) is 0 Å². The number of benzene rings is 3. The zero-order valence-corrected chi connectivity index (χ0v) is 25.9. The molecule has 0 unspecified atom stereocenters. The average Bonchev–Trinajstić information content (AvgIpc) is 3.24. The largest absolute Gasteiger partial charge is 0.497 e. The molecule has 2 aromatic heterocycles. The van der Waals surface area contributed by atoms with Gasteiger partial charge in [0.25, 0.3) is 11.5 Å². The van der Waals surface area contributed by atoms with Crippen LogP contribution in [0, 0.1) is 6.92 Å². The summed E-state index contributed by atoms with van der Waals surface area (Å²) in [6.07, 6.45) is 2.03. The molecule has 45 heavy (non-hydrogen) atoms.